The van der Waals surface area contributed by atoms with Gasteiger partial charge in [0.05, 0.1) is 0 Å². The van der Waals surface area contributed by atoms with Crippen molar-refractivity contribution in [3.63, 3.8) is 0 Å². The molecule has 0 aromatic heterocycles. The zero-order valence-electron chi connectivity index (χ0n) is 16.8. The zero-order valence-corrected chi connectivity index (χ0v) is 16.8. The molecule has 1 aliphatic carbocycles. The lowest BCUT2D eigenvalue weighted by molar-refractivity contribution is -0.137. The first kappa shape index (κ1) is 19.9. The maximum absolute atomic E-state index is 12.6. The molecule has 0 saturated heterocycles. The minimum Gasteiger partial charge on any atom is -0.481 e. The number of fused-ring (bicyclic) bond motifs is 3. The molecule has 0 saturated carbocycles. The lowest BCUT2D eigenvalue weighted by atomic mass is 9.93. The molecule has 0 bridgehead atoms. The third-order valence-electron chi connectivity index (χ3n) is 5.74. The Morgan fingerprint density at radius 3 is 1.87 bits per heavy atom. The first-order valence-corrected chi connectivity index (χ1v) is 10.4. The number of aryl methyl sites for hydroxylation is 1. The fourth-order valence-corrected chi connectivity index (χ4v) is 4.21. The molecule has 3 aromatic rings. The van der Waals surface area contributed by atoms with Crippen LogP contribution in [0.4, 0.5) is 0 Å². The third kappa shape index (κ3) is 4.43. The molecule has 1 aliphatic rings. The quantitative estimate of drug-likeness (QED) is 0.583. The number of benzene rings is 3. The molecule has 0 unspecified atom stereocenters. The van der Waals surface area contributed by atoms with E-state index in [1.54, 1.807) is 0 Å². The molecule has 3 aromatic carbocycles. The minimum absolute atomic E-state index is 0.0598. The van der Waals surface area contributed by atoms with Crippen molar-refractivity contribution in [3.8, 4) is 11.1 Å². The molecule has 0 fully saturated rings. The van der Waals surface area contributed by atoms with Crippen molar-refractivity contribution in [1.29, 1.82) is 0 Å². The van der Waals surface area contributed by atoms with Gasteiger partial charge in [-0.05, 0) is 46.2 Å². The largest absolute Gasteiger partial charge is 0.481 e. The Balaban J connectivity index is 1.32. The van der Waals surface area contributed by atoms with Crippen molar-refractivity contribution < 1.29 is 14.7 Å². The standard InChI is InChI=1S/C26H25NO3/c28-25(27-16-15-19-11-9-18(10-12-19)13-14-26(29)30)17-24-22-7-3-1-5-20(22)21-6-2-4-8-23(21)24/h1-12,24H,13-17H2,(H,27,28)(H,29,30). The topological polar surface area (TPSA) is 66.4 Å². The number of carbonyl (C=O) groups is 2. The van der Waals surface area contributed by atoms with Gasteiger partial charge in [-0.15, -0.1) is 0 Å². The summed E-state index contributed by atoms with van der Waals surface area (Å²) in [5.41, 5.74) is 7.06. The molecule has 0 aliphatic heterocycles. The zero-order chi connectivity index (χ0) is 20.9. The molecule has 4 nitrogen and oxygen atoms in total. The van der Waals surface area contributed by atoms with E-state index in [4.69, 9.17) is 5.11 Å². The first-order chi connectivity index (χ1) is 14.6. The number of nitrogens with one attached hydrogen (secondary N) is 1. The monoisotopic (exact) mass is 399 g/mol. The van der Waals surface area contributed by atoms with Crippen LogP contribution in [0.2, 0.25) is 0 Å². The van der Waals surface area contributed by atoms with E-state index in [9.17, 15) is 9.59 Å². The number of carbonyl (C=O) groups excluding carboxylic acids is 1. The molecule has 4 rings (SSSR count). The average Bonchev–Trinajstić information content (AvgIpc) is 3.07. The average molecular weight is 399 g/mol. The summed E-state index contributed by atoms with van der Waals surface area (Å²) in [6.45, 7) is 0.587. The predicted octanol–water partition coefficient (Wildman–Crippen LogP) is 4.57. The first-order valence-electron chi connectivity index (χ1n) is 10.4. The minimum atomic E-state index is -0.783. The van der Waals surface area contributed by atoms with E-state index in [0.717, 1.165) is 17.5 Å². The molecule has 0 radical (unpaired) electrons. The lowest BCUT2D eigenvalue weighted by Gasteiger charge is -2.14. The second-order valence-electron chi connectivity index (χ2n) is 7.74. The molecule has 0 heterocycles. The summed E-state index contributed by atoms with van der Waals surface area (Å²) >= 11 is 0. The third-order valence-corrected chi connectivity index (χ3v) is 5.74. The van der Waals surface area contributed by atoms with Crippen molar-refractivity contribution in [1.82, 2.24) is 5.32 Å². The molecule has 2 N–H and O–H groups in total. The van der Waals surface area contributed by atoms with Gasteiger partial charge in [-0.25, -0.2) is 0 Å². The van der Waals surface area contributed by atoms with Crippen LogP contribution in [0.5, 0.6) is 0 Å². The van der Waals surface area contributed by atoms with E-state index >= 15 is 0 Å². The van der Waals surface area contributed by atoms with E-state index in [0.29, 0.717) is 19.4 Å². The van der Waals surface area contributed by atoms with Crippen molar-refractivity contribution >= 4 is 11.9 Å². The number of aliphatic carboxylic acids is 1. The summed E-state index contributed by atoms with van der Waals surface area (Å²) in [7, 11) is 0. The summed E-state index contributed by atoms with van der Waals surface area (Å²) in [6, 6.07) is 24.6. The van der Waals surface area contributed by atoms with Gasteiger partial charge in [-0.1, -0.05) is 72.8 Å². The second kappa shape index (κ2) is 8.95. The molecule has 0 spiro atoms. The number of rotatable bonds is 8. The van der Waals surface area contributed by atoms with Crippen LogP contribution in [0.15, 0.2) is 72.8 Å². The molecule has 152 valence electrons. The van der Waals surface area contributed by atoms with Crippen molar-refractivity contribution in [2.45, 2.75) is 31.6 Å². The molecule has 0 atom stereocenters. The normalized spacial score (nSPS) is 12.3. The number of carboxylic acids is 1. The Morgan fingerprint density at radius 2 is 1.30 bits per heavy atom. The predicted molar refractivity (Wildman–Crippen MR) is 117 cm³/mol. The fraction of sp³-hybridized carbons (Fsp3) is 0.231. The van der Waals surface area contributed by atoms with E-state index in [1.807, 2.05) is 48.5 Å². The second-order valence-corrected chi connectivity index (χ2v) is 7.74. The van der Waals surface area contributed by atoms with Crippen LogP contribution in [0.25, 0.3) is 11.1 Å². The van der Waals surface area contributed by atoms with Crippen molar-refractivity contribution in [2.75, 3.05) is 6.54 Å². The summed E-state index contributed by atoms with van der Waals surface area (Å²) in [4.78, 5) is 23.3. The maximum atomic E-state index is 12.6. The van der Waals surface area contributed by atoms with Crippen molar-refractivity contribution in [2.24, 2.45) is 0 Å². The van der Waals surface area contributed by atoms with Gasteiger partial charge in [0, 0.05) is 25.3 Å². The number of hydrogen-bond donors (Lipinski definition) is 2. The Hall–Kier alpha value is -3.40. The SMILES string of the molecule is O=C(O)CCc1ccc(CCNC(=O)CC2c3ccccc3-c3ccccc32)cc1. The highest BCUT2D eigenvalue weighted by Gasteiger charge is 2.29. The van der Waals surface area contributed by atoms with E-state index < -0.39 is 5.97 Å². The van der Waals surface area contributed by atoms with Crippen LogP contribution in [0.3, 0.4) is 0 Å². The molecule has 30 heavy (non-hydrogen) atoms. The van der Waals surface area contributed by atoms with Crippen LogP contribution >= 0.6 is 0 Å². The fourth-order valence-electron chi connectivity index (χ4n) is 4.21. The Bertz CT molecular complexity index is 1010. The van der Waals surface area contributed by atoms with E-state index in [-0.39, 0.29) is 18.2 Å². The lowest BCUT2D eigenvalue weighted by Crippen LogP contribution is -2.27. The van der Waals surface area contributed by atoms with Gasteiger partial charge in [-0.3, -0.25) is 9.59 Å². The highest BCUT2D eigenvalue weighted by molar-refractivity contribution is 5.84. The Morgan fingerprint density at radius 1 is 0.767 bits per heavy atom. The summed E-state index contributed by atoms with van der Waals surface area (Å²) in [6.07, 6.45) is 1.88. The molecule has 4 heteroatoms. The highest BCUT2D eigenvalue weighted by atomic mass is 16.4. The van der Waals surface area contributed by atoms with Crippen LogP contribution in [-0.2, 0) is 22.4 Å². The summed E-state index contributed by atoms with van der Waals surface area (Å²) in [5, 5.41) is 11.8. The number of amides is 1. The maximum Gasteiger partial charge on any atom is 0.303 e. The van der Waals surface area contributed by atoms with Crippen LogP contribution < -0.4 is 5.32 Å². The molecular formula is C26H25NO3. The van der Waals surface area contributed by atoms with E-state index in [2.05, 4.69) is 29.6 Å². The van der Waals surface area contributed by atoms with Gasteiger partial charge >= 0.3 is 5.97 Å². The smallest absolute Gasteiger partial charge is 0.303 e. The van der Waals surface area contributed by atoms with Crippen LogP contribution in [-0.4, -0.2) is 23.5 Å². The van der Waals surface area contributed by atoms with Gasteiger partial charge in [-0.2, -0.15) is 0 Å². The van der Waals surface area contributed by atoms with Gasteiger partial charge < -0.3 is 10.4 Å². The summed E-state index contributed by atoms with van der Waals surface area (Å²) in [5.74, 6) is -0.621. The van der Waals surface area contributed by atoms with E-state index in [1.165, 1.54) is 22.3 Å². The van der Waals surface area contributed by atoms with Gasteiger partial charge in [0.25, 0.3) is 0 Å². The Labute approximate surface area is 176 Å². The van der Waals surface area contributed by atoms with Gasteiger partial charge in [0.1, 0.15) is 0 Å². The van der Waals surface area contributed by atoms with Crippen LogP contribution in [0.1, 0.15) is 41.0 Å². The Kier molecular flexibility index (Phi) is 5.94. The molecule has 1 amide bonds. The van der Waals surface area contributed by atoms with Crippen LogP contribution in [0, 0.1) is 0 Å². The highest BCUT2D eigenvalue weighted by Crippen LogP contribution is 2.45. The number of hydrogen-bond acceptors (Lipinski definition) is 2. The van der Waals surface area contributed by atoms with Gasteiger partial charge in [0.2, 0.25) is 5.91 Å². The van der Waals surface area contributed by atoms with Crippen molar-refractivity contribution in [3.05, 3.63) is 95.1 Å². The van der Waals surface area contributed by atoms with Gasteiger partial charge in [0.15, 0.2) is 0 Å². The summed E-state index contributed by atoms with van der Waals surface area (Å²) < 4.78 is 0. The number of carboxylic acid groups (broad SMARTS) is 1. The molecular weight excluding hydrogens is 374 g/mol.